The third-order valence-corrected chi connectivity index (χ3v) is 6.95. The minimum atomic E-state index is -4.76. The van der Waals surface area contributed by atoms with Crippen LogP contribution in [0.2, 0.25) is 5.02 Å². The Morgan fingerprint density at radius 1 is 1.03 bits per heavy atom. The number of hydrogen-bond donors (Lipinski definition) is 3. The Morgan fingerprint density at radius 2 is 1.65 bits per heavy atom. The number of halogens is 4. The molecule has 3 rings (SSSR count). The van der Waals surface area contributed by atoms with E-state index in [4.69, 9.17) is 11.6 Å². The van der Waals surface area contributed by atoms with Gasteiger partial charge >= 0.3 is 5.97 Å². The molecule has 0 heterocycles. The molecule has 3 N–H and O–H groups in total. The Balaban J connectivity index is 1.90. The third kappa shape index (κ3) is 6.21. The van der Waals surface area contributed by atoms with E-state index in [2.05, 4.69) is 5.32 Å². The molecule has 7 nitrogen and oxygen atoms in total. The van der Waals surface area contributed by atoms with E-state index in [-0.39, 0.29) is 17.7 Å². The fourth-order valence-electron chi connectivity index (χ4n) is 3.03. The van der Waals surface area contributed by atoms with Crippen LogP contribution in [0.5, 0.6) is 0 Å². The second-order valence-corrected chi connectivity index (χ2v) is 10.3. The van der Waals surface area contributed by atoms with Gasteiger partial charge in [0.15, 0.2) is 4.90 Å². The van der Waals surface area contributed by atoms with Gasteiger partial charge in [-0.1, -0.05) is 29.8 Å². The quantitative estimate of drug-likeness (QED) is 0.322. The molecular formula is C22H16ClF2IN2O5S. The van der Waals surface area contributed by atoms with Crippen LogP contribution < -0.4 is 10.0 Å². The second-order valence-electron chi connectivity index (χ2n) is 7.04. The van der Waals surface area contributed by atoms with Crippen molar-refractivity contribution in [3.63, 3.8) is 0 Å². The summed E-state index contributed by atoms with van der Waals surface area (Å²) in [6.45, 7) is 0. The lowest BCUT2D eigenvalue weighted by molar-refractivity contribution is -0.139. The highest BCUT2D eigenvalue weighted by Crippen LogP contribution is 2.26. The molecule has 0 fully saturated rings. The molecule has 0 bridgehead atoms. The number of carbonyl (C=O) groups is 2. The highest BCUT2D eigenvalue weighted by atomic mass is 127. The van der Waals surface area contributed by atoms with E-state index in [0.717, 1.165) is 18.2 Å². The van der Waals surface area contributed by atoms with Crippen LogP contribution in [0.15, 0.2) is 65.6 Å². The standard InChI is InChI=1S/C22H16ClF2IN2O5S/c23-13-6-4-12(5-7-13)10-19(22(30)31)27-21(29)15-9-8-14(26)11-18(15)28-34(32,33)20-16(24)2-1-3-17(20)25/h1-9,11,19,28H,10H2,(H,27,29)(H,30,31)/t19-/m0/s1. The van der Waals surface area contributed by atoms with E-state index in [1.807, 2.05) is 27.3 Å². The van der Waals surface area contributed by atoms with Gasteiger partial charge in [-0.25, -0.2) is 22.0 Å². The van der Waals surface area contributed by atoms with E-state index in [1.165, 1.54) is 18.2 Å². The number of carboxylic acid groups (broad SMARTS) is 1. The molecule has 0 spiro atoms. The lowest BCUT2D eigenvalue weighted by Gasteiger charge is -2.17. The first kappa shape index (κ1) is 25.8. The average Bonchev–Trinajstić information content (AvgIpc) is 2.74. The van der Waals surface area contributed by atoms with Crippen LogP contribution in [0.1, 0.15) is 15.9 Å². The first-order valence-corrected chi connectivity index (χ1v) is 12.5. The van der Waals surface area contributed by atoms with E-state index in [9.17, 15) is 31.9 Å². The summed E-state index contributed by atoms with van der Waals surface area (Å²) in [6, 6.07) is 11.7. The number of benzene rings is 3. The van der Waals surface area contributed by atoms with Crippen LogP contribution in [0.25, 0.3) is 0 Å². The summed E-state index contributed by atoms with van der Waals surface area (Å²) in [5.74, 6) is -4.83. The number of sulfonamides is 1. The van der Waals surface area contributed by atoms with Crippen molar-refractivity contribution in [1.29, 1.82) is 0 Å². The summed E-state index contributed by atoms with van der Waals surface area (Å²) in [7, 11) is -4.76. The summed E-state index contributed by atoms with van der Waals surface area (Å²) in [5.41, 5.74) is 0.0847. The zero-order valence-electron chi connectivity index (χ0n) is 17.1. The van der Waals surface area contributed by atoms with Gasteiger partial charge in [0.1, 0.15) is 17.7 Å². The van der Waals surface area contributed by atoms with Gasteiger partial charge < -0.3 is 10.4 Å². The van der Waals surface area contributed by atoms with Gasteiger partial charge in [0.2, 0.25) is 0 Å². The first-order valence-electron chi connectivity index (χ1n) is 9.52. The fraction of sp³-hybridized carbons (Fsp3) is 0.0909. The maximum absolute atomic E-state index is 14.1. The SMILES string of the molecule is O=C(N[C@@H](Cc1ccc(Cl)cc1)C(=O)O)c1ccc(I)cc1NS(=O)(=O)c1c(F)cccc1F. The Kier molecular flexibility index (Phi) is 8.10. The van der Waals surface area contributed by atoms with Crippen molar-refractivity contribution in [3.05, 3.63) is 92.0 Å². The van der Waals surface area contributed by atoms with Crippen LogP contribution >= 0.6 is 34.2 Å². The lowest BCUT2D eigenvalue weighted by atomic mass is 10.1. The first-order chi connectivity index (χ1) is 16.0. The van der Waals surface area contributed by atoms with Crippen molar-refractivity contribution in [2.45, 2.75) is 17.4 Å². The van der Waals surface area contributed by atoms with Crippen molar-refractivity contribution in [2.24, 2.45) is 0 Å². The van der Waals surface area contributed by atoms with Gasteiger partial charge in [-0.3, -0.25) is 9.52 Å². The lowest BCUT2D eigenvalue weighted by Crippen LogP contribution is -2.42. The largest absolute Gasteiger partial charge is 0.480 e. The zero-order valence-corrected chi connectivity index (χ0v) is 20.8. The zero-order chi connectivity index (χ0) is 25.0. The molecule has 178 valence electrons. The molecule has 0 radical (unpaired) electrons. The molecule has 1 atom stereocenters. The summed E-state index contributed by atoms with van der Waals surface area (Å²) < 4.78 is 56.1. The average molecular weight is 621 g/mol. The maximum atomic E-state index is 14.1. The van der Waals surface area contributed by atoms with Crippen molar-refractivity contribution in [3.8, 4) is 0 Å². The molecular weight excluding hydrogens is 605 g/mol. The summed E-state index contributed by atoms with van der Waals surface area (Å²) in [5, 5.41) is 12.4. The minimum Gasteiger partial charge on any atom is -0.480 e. The predicted molar refractivity (Wildman–Crippen MR) is 130 cm³/mol. The molecule has 0 aliphatic rings. The number of amides is 1. The van der Waals surface area contributed by atoms with Crippen molar-refractivity contribution in [2.75, 3.05) is 4.72 Å². The highest BCUT2D eigenvalue weighted by Gasteiger charge is 2.27. The third-order valence-electron chi connectivity index (χ3n) is 4.61. The second kappa shape index (κ2) is 10.7. The number of hydrogen-bond acceptors (Lipinski definition) is 4. The van der Waals surface area contributed by atoms with E-state index in [0.29, 0.717) is 14.2 Å². The minimum absolute atomic E-state index is 0.0654. The highest BCUT2D eigenvalue weighted by molar-refractivity contribution is 14.1. The topological polar surface area (TPSA) is 113 Å². The molecule has 3 aromatic carbocycles. The van der Waals surface area contributed by atoms with E-state index < -0.39 is 44.5 Å². The van der Waals surface area contributed by atoms with Crippen LogP contribution in [0.3, 0.4) is 0 Å². The number of carbonyl (C=O) groups excluding carboxylic acids is 1. The van der Waals surface area contributed by atoms with Crippen LogP contribution in [0.4, 0.5) is 14.5 Å². The maximum Gasteiger partial charge on any atom is 0.326 e. The van der Waals surface area contributed by atoms with Gasteiger partial charge in [0.05, 0.1) is 11.3 Å². The summed E-state index contributed by atoms with van der Waals surface area (Å²) in [6.07, 6.45) is -0.0654. The van der Waals surface area contributed by atoms with Gasteiger partial charge in [-0.05, 0) is 70.6 Å². The smallest absolute Gasteiger partial charge is 0.326 e. The molecule has 0 aromatic heterocycles. The fourth-order valence-corrected chi connectivity index (χ4v) is 4.85. The molecule has 0 saturated heterocycles. The molecule has 1 amide bonds. The van der Waals surface area contributed by atoms with Gasteiger partial charge in [0, 0.05) is 15.0 Å². The molecule has 0 aliphatic carbocycles. The molecule has 12 heteroatoms. The molecule has 0 saturated carbocycles. The Labute approximate surface area is 212 Å². The molecule has 34 heavy (non-hydrogen) atoms. The summed E-state index contributed by atoms with van der Waals surface area (Å²) in [4.78, 5) is 23.4. The Hall–Kier alpha value is -2.77. The monoisotopic (exact) mass is 620 g/mol. The van der Waals surface area contributed by atoms with E-state index in [1.54, 1.807) is 24.3 Å². The normalized spacial score (nSPS) is 12.1. The van der Waals surface area contributed by atoms with Crippen LogP contribution in [-0.4, -0.2) is 31.4 Å². The van der Waals surface area contributed by atoms with Gasteiger partial charge in [-0.2, -0.15) is 0 Å². The molecule has 0 aliphatic heterocycles. The number of aliphatic carboxylic acids is 1. The molecule has 3 aromatic rings. The summed E-state index contributed by atoms with van der Waals surface area (Å²) >= 11 is 7.69. The predicted octanol–water partition coefficient (Wildman–Crippen LogP) is 4.45. The van der Waals surface area contributed by atoms with Crippen molar-refractivity contribution < 1.29 is 31.9 Å². The van der Waals surface area contributed by atoms with Crippen molar-refractivity contribution in [1.82, 2.24) is 5.32 Å². The Morgan fingerprint density at radius 3 is 2.24 bits per heavy atom. The number of rotatable bonds is 8. The Bertz CT molecular complexity index is 1330. The van der Waals surface area contributed by atoms with Gasteiger partial charge in [0.25, 0.3) is 15.9 Å². The number of carboxylic acids is 1. The van der Waals surface area contributed by atoms with Crippen molar-refractivity contribution >= 4 is 61.8 Å². The van der Waals surface area contributed by atoms with Crippen LogP contribution in [-0.2, 0) is 21.2 Å². The number of nitrogens with one attached hydrogen (secondary N) is 2. The molecule has 0 unspecified atom stereocenters. The van der Waals surface area contributed by atoms with E-state index >= 15 is 0 Å². The number of anilines is 1. The van der Waals surface area contributed by atoms with Gasteiger partial charge in [-0.15, -0.1) is 0 Å². The van der Waals surface area contributed by atoms with Crippen LogP contribution in [0, 0.1) is 15.2 Å².